The lowest BCUT2D eigenvalue weighted by Crippen LogP contribution is -2.29. The van der Waals surface area contributed by atoms with Crippen molar-refractivity contribution in [3.05, 3.63) is 94.5 Å². The van der Waals surface area contributed by atoms with Crippen molar-refractivity contribution in [1.29, 1.82) is 0 Å². The van der Waals surface area contributed by atoms with Crippen LogP contribution < -0.4 is 9.62 Å². The Hall–Kier alpha value is -3.04. The van der Waals surface area contributed by atoms with Gasteiger partial charge in [0.1, 0.15) is 0 Å². The number of amides is 1. The molecule has 0 unspecified atom stereocenters. The Morgan fingerprint density at radius 2 is 1.56 bits per heavy atom. The summed E-state index contributed by atoms with van der Waals surface area (Å²) in [6.07, 6.45) is -3.57. The molecule has 10 heteroatoms. The molecule has 3 aromatic carbocycles. The number of para-hydroxylation sites is 1. The number of anilines is 2. The van der Waals surface area contributed by atoms with Gasteiger partial charge in [0, 0.05) is 10.6 Å². The minimum Gasteiger partial charge on any atom is -0.321 e. The highest BCUT2D eigenvalue weighted by atomic mass is 35.5. The SMILES string of the molecule is CS(=O)(=O)N(Cc1ccc(Cl)cc1)c1ccc(C(=O)Nc2ccccc2C(F)(F)F)cc1. The molecular formula is C22H18ClF3N2O3S. The van der Waals surface area contributed by atoms with Gasteiger partial charge in [-0.15, -0.1) is 0 Å². The lowest BCUT2D eigenvalue weighted by molar-refractivity contribution is -0.136. The van der Waals surface area contributed by atoms with Crippen LogP contribution >= 0.6 is 11.6 Å². The third kappa shape index (κ3) is 5.80. The summed E-state index contributed by atoms with van der Waals surface area (Å²) in [5.41, 5.74) is -0.253. The van der Waals surface area contributed by atoms with Crippen LogP contribution in [0.15, 0.2) is 72.8 Å². The summed E-state index contributed by atoms with van der Waals surface area (Å²) in [5, 5.41) is 2.77. The molecule has 0 radical (unpaired) electrons. The minimum absolute atomic E-state index is 0.0422. The van der Waals surface area contributed by atoms with Gasteiger partial charge >= 0.3 is 6.18 Å². The van der Waals surface area contributed by atoms with Crippen LogP contribution in [0.5, 0.6) is 0 Å². The topological polar surface area (TPSA) is 66.5 Å². The van der Waals surface area contributed by atoms with Gasteiger partial charge < -0.3 is 5.32 Å². The van der Waals surface area contributed by atoms with Crippen molar-refractivity contribution >= 4 is 38.9 Å². The van der Waals surface area contributed by atoms with E-state index in [4.69, 9.17) is 11.6 Å². The van der Waals surface area contributed by atoms with Gasteiger partial charge in [0.15, 0.2) is 0 Å². The highest BCUT2D eigenvalue weighted by Crippen LogP contribution is 2.34. The van der Waals surface area contributed by atoms with E-state index in [1.807, 2.05) is 0 Å². The van der Waals surface area contributed by atoms with Crippen molar-refractivity contribution in [3.8, 4) is 0 Å². The van der Waals surface area contributed by atoms with E-state index in [0.29, 0.717) is 16.3 Å². The normalized spacial score (nSPS) is 11.8. The number of carbonyl (C=O) groups excluding carboxylic acids is 1. The van der Waals surface area contributed by atoms with Gasteiger partial charge in [-0.05, 0) is 54.1 Å². The monoisotopic (exact) mass is 482 g/mol. The van der Waals surface area contributed by atoms with Gasteiger partial charge in [-0.1, -0.05) is 35.9 Å². The second kappa shape index (κ2) is 9.22. The van der Waals surface area contributed by atoms with Gasteiger partial charge in [0.2, 0.25) is 10.0 Å². The highest BCUT2D eigenvalue weighted by molar-refractivity contribution is 7.92. The molecule has 0 aliphatic rings. The summed E-state index contributed by atoms with van der Waals surface area (Å²) < 4.78 is 65.2. The van der Waals surface area contributed by atoms with E-state index < -0.39 is 27.7 Å². The maximum Gasteiger partial charge on any atom is 0.418 e. The number of hydrogen-bond donors (Lipinski definition) is 1. The van der Waals surface area contributed by atoms with E-state index in [1.165, 1.54) is 36.4 Å². The molecule has 168 valence electrons. The molecule has 3 aromatic rings. The zero-order valence-corrected chi connectivity index (χ0v) is 18.3. The zero-order valence-electron chi connectivity index (χ0n) is 16.7. The number of halogens is 4. The first kappa shape index (κ1) is 23.6. The van der Waals surface area contributed by atoms with Crippen LogP contribution in [0, 0.1) is 0 Å². The van der Waals surface area contributed by atoms with Gasteiger partial charge in [0.05, 0.1) is 29.7 Å². The Bertz CT molecular complexity index is 1210. The van der Waals surface area contributed by atoms with Gasteiger partial charge in [-0.25, -0.2) is 8.42 Å². The standard InChI is InChI=1S/C22H18ClF3N2O3S/c1-32(30,31)28(14-15-6-10-17(23)11-7-15)18-12-8-16(9-13-18)21(29)27-20-5-3-2-4-19(20)22(24,25)26/h2-13H,14H2,1H3,(H,27,29). The van der Waals surface area contributed by atoms with Crippen molar-refractivity contribution in [2.75, 3.05) is 15.9 Å². The van der Waals surface area contributed by atoms with Gasteiger partial charge in [-0.2, -0.15) is 13.2 Å². The summed E-state index contributed by atoms with van der Waals surface area (Å²) in [6, 6.07) is 16.9. The van der Waals surface area contributed by atoms with Crippen LogP contribution in [-0.4, -0.2) is 20.6 Å². The van der Waals surface area contributed by atoms with Gasteiger partial charge in [-0.3, -0.25) is 9.10 Å². The molecule has 0 bridgehead atoms. The molecule has 0 aliphatic carbocycles. The molecule has 0 heterocycles. The third-order valence-electron chi connectivity index (χ3n) is 4.54. The van der Waals surface area contributed by atoms with Crippen molar-refractivity contribution < 1.29 is 26.4 Å². The zero-order chi connectivity index (χ0) is 23.5. The van der Waals surface area contributed by atoms with Crippen LogP contribution in [0.3, 0.4) is 0 Å². The molecule has 32 heavy (non-hydrogen) atoms. The molecule has 0 aliphatic heterocycles. The van der Waals surface area contributed by atoms with Gasteiger partial charge in [0.25, 0.3) is 5.91 Å². The van der Waals surface area contributed by atoms with Crippen LogP contribution in [-0.2, 0) is 22.7 Å². The van der Waals surface area contributed by atoms with Crippen LogP contribution in [0.4, 0.5) is 24.5 Å². The Kier molecular flexibility index (Phi) is 6.80. The minimum atomic E-state index is -4.62. The maximum atomic E-state index is 13.1. The van der Waals surface area contributed by atoms with Crippen molar-refractivity contribution in [2.45, 2.75) is 12.7 Å². The van der Waals surface area contributed by atoms with Crippen LogP contribution in [0.25, 0.3) is 0 Å². The summed E-state index contributed by atoms with van der Waals surface area (Å²) in [4.78, 5) is 12.5. The summed E-state index contributed by atoms with van der Waals surface area (Å²) >= 11 is 5.86. The quantitative estimate of drug-likeness (QED) is 0.499. The van der Waals surface area contributed by atoms with E-state index in [2.05, 4.69) is 5.32 Å². The third-order valence-corrected chi connectivity index (χ3v) is 5.93. The second-order valence-corrected chi connectivity index (χ2v) is 9.28. The number of alkyl halides is 3. The number of nitrogens with one attached hydrogen (secondary N) is 1. The predicted octanol–water partition coefficient (Wildman–Crippen LogP) is 5.58. The van der Waals surface area contributed by atoms with Crippen LogP contribution in [0.1, 0.15) is 21.5 Å². The van der Waals surface area contributed by atoms with E-state index in [9.17, 15) is 26.4 Å². The second-order valence-electron chi connectivity index (χ2n) is 6.94. The highest BCUT2D eigenvalue weighted by Gasteiger charge is 2.33. The lowest BCUT2D eigenvalue weighted by Gasteiger charge is -2.23. The van der Waals surface area contributed by atoms with Crippen molar-refractivity contribution in [2.24, 2.45) is 0 Å². The first-order valence-corrected chi connectivity index (χ1v) is 11.5. The largest absolute Gasteiger partial charge is 0.418 e. The van der Waals surface area contributed by atoms with Crippen molar-refractivity contribution in [1.82, 2.24) is 0 Å². The summed E-state index contributed by atoms with van der Waals surface area (Å²) in [7, 11) is -3.66. The summed E-state index contributed by atoms with van der Waals surface area (Å²) in [5.74, 6) is -0.753. The molecule has 0 atom stereocenters. The number of nitrogens with zero attached hydrogens (tertiary/aromatic N) is 1. The number of rotatable bonds is 6. The molecule has 0 fully saturated rings. The summed E-state index contributed by atoms with van der Waals surface area (Å²) in [6.45, 7) is 0.0422. The average molecular weight is 483 g/mol. The fourth-order valence-electron chi connectivity index (χ4n) is 2.97. The first-order chi connectivity index (χ1) is 14.9. The number of benzene rings is 3. The Balaban J connectivity index is 1.82. The van der Waals surface area contributed by atoms with E-state index in [0.717, 1.165) is 22.7 Å². The molecule has 5 nitrogen and oxygen atoms in total. The van der Waals surface area contributed by atoms with E-state index >= 15 is 0 Å². The van der Waals surface area contributed by atoms with Crippen LogP contribution in [0.2, 0.25) is 5.02 Å². The molecule has 0 saturated heterocycles. The fraction of sp³-hybridized carbons (Fsp3) is 0.136. The smallest absolute Gasteiger partial charge is 0.321 e. The predicted molar refractivity (Wildman–Crippen MR) is 118 cm³/mol. The molecule has 1 amide bonds. The number of sulfonamides is 1. The number of carbonyl (C=O) groups is 1. The molecule has 0 spiro atoms. The Morgan fingerprint density at radius 3 is 2.12 bits per heavy atom. The molecule has 3 rings (SSSR count). The first-order valence-electron chi connectivity index (χ1n) is 9.25. The lowest BCUT2D eigenvalue weighted by atomic mass is 10.1. The molecule has 1 N–H and O–H groups in total. The Labute approximate surface area is 188 Å². The molecule has 0 saturated carbocycles. The molecule has 0 aromatic heterocycles. The average Bonchev–Trinajstić information content (AvgIpc) is 2.72. The fourth-order valence-corrected chi connectivity index (χ4v) is 3.98. The van der Waals surface area contributed by atoms with E-state index in [1.54, 1.807) is 24.3 Å². The Morgan fingerprint density at radius 1 is 0.969 bits per heavy atom. The maximum absolute atomic E-state index is 13.1. The number of hydrogen-bond acceptors (Lipinski definition) is 3. The molecular weight excluding hydrogens is 465 g/mol. The van der Waals surface area contributed by atoms with Crippen molar-refractivity contribution in [3.63, 3.8) is 0 Å². The van der Waals surface area contributed by atoms with E-state index in [-0.39, 0.29) is 17.8 Å².